The fourth-order valence-corrected chi connectivity index (χ4v) is 3.81. The Kier molecular flexibility index (Phi) is 4.80. The molecule has 0 aliphatic carbocycles. The predicted octanol–water partition coefficient (Wildman–Crippen LogP) is 2.50. The summed E-state index contributed by atoms with van der Waals surface area (Å²) in [6.45, 7) is 6.22. The van der Waals surface area contributed by atoms with Crippen LogP contribution in [-0.4, -0.2) is 55.8 Å². The van der Waals surface area contributed by atoms with Crippen LogP contribution in [0.15, 0.2) is 43.0 Å². The van der Waals surface area contributed by atoms with E-state index in [2.05, 4.69) is 50.5 Å². The average molecular weight is 404 g/mol. The molecule has 1 aromatic carbocycles. The van der Waals surface area contributed by atoms with Crippen molar-refractivity contribution in [2.45, 2.75) is 13.5 Å². The zero-order chi connectivity index (χ0) is 20.5. The number of nitrogens with one attached hydrogen (secondary N) is 1. The molecule has 154 valence electrons. The number of ether oxygens (including phenoxy) is 1. The molecular formula is C21H24N8O. The number of morpholine rings is 1. The number of fused-ring (bicyclic) bond motifs is 1. The van der Waals surface area contributed by atoms with Gasteiger partial charge in [0, 0.05) is 38.2 Å². The number of aromatic nitrogens is 6. The first-order valence-corrected chi connectivity index (χ1v) is 10.0. The van der Waals surface area contributed by atoms with E-state index in [1.54, 1.807) is 17.1 Å². The van der Waals surface area contributed by atoms with Gasteiger partial charge < -0.3 is 15.0 Å². The highest BCUT2D eigenvalue weighted by Gasteiger charge is 2.16. The smallest absolute Gasteiger partial charge is 0.229 e. The summed E-state index contributed by atoms with van der Waals surface area (Å²) in [6, 6.07) is 6.45. The Bertz CT molecular complexity index is 1170. The number of aryl methyl sites for hydroxylation is 1. The molecule has 1 aliphatic heterocycles. The van der Waals surface area contributed by atoms with Crippen molar-refractivity contribution in [2.24, 2.45) is 7.05 Å². The molecule has 0 unspecified atom stereocenters. The van der Waals surface area contributed by atoms with Crippen LogP contribution in [0.2, 0.25) is 0 Å². The normalized spacial score (nSPS) is 14.4. The molecule has 30 heavy (non-hydrogen) atoms. The molecule has 3 aromatic heterocycles. The Morgan fingerprint density at radius 1 is 1.10 bits per heavy atom. The van der Waals surface area contributed by atoms with Crippen LogP contribution >= 0.6 is 0 Å². The van der Waals surface area contributed by atoms with Gasteiger partial charge in [0.05, 0.1) is 43.2 Å². The molecule has 9 nitrogen and oxygen atoms in total. The van der Waals surface area contributed by atoms with Crippen LogP contribution in [0, 0.1) is 6.92 Å². The molecule has 1 N–H and O–H groups in total. The molecule has 0 amide bonds. The summed E-state index contributed by atoms with van der Waals surface area (Å²) < 4.78 is 9.16. The first-order valence-electron chi connectivity index (χ1n) is 10.0. The third kappa shape index (κ3) is 3.59. The molecule has 4 aromatic rings. The first-order chi connectivity index (χ1) is 14.7. The van der Waals surface area contributed by atoms with Crippen molar-refractivity contribution >= 4 is 28.4 Å². The Morgan fingerprint density at radius 2 is 1.97 bits per heavy atom. The maximum absolute atomic E-state index is 5.50. The molecule has 1 fully saturated rings. The summed E-state index contributed by atoms with van der Waals surface area (Å²) in [7, 11) is 1.87. The molecule has 0 atom stereocenters. The van der Waals surface area contributed by atoms with Crippen molar-refractivity contribution in [3.8, 4) is 0 Å². The van der Waals surface area contributed by atoms with E-state index < -0.39 is 0 Å². The second kappa shape index (κ2) is 7.75. The molecule has 0 bridgehead atoms. The highest BCUT2D eigenvalue weighted by Crippen LogP contribution is 2.25. The first kappa shape index (κ1) is 18.6. The van der Waals surface area contributed by atoms with E-state index in [-0.39, 0.29) is 0 Å². The van der Waals surface area contributed by atoms with Crippen LogP contribution in [0.25, 0.3) is 11.0 Å². The van der Waals surface area contributed by atoms with Gasteiger partial charge in [-0.25, -0.2) is 9.67 Å². The lowest BCUT2D eigenvalue weighted by atomic mass is 10.1. The minimum atomic E-state index is 0.524. The van der Waals surface area contributed by atoms with Crippen LogP contribution in [0.5, 0.6) is 0 Å². The molecule has 0 saturated carbocycles. The van der Waals surface area contributed by atoms with E-state index in [0.29, 0.717) is 12.5 Å². The third-order valence-corrected chi connectivity index (χ3v) is 5.43. The van der Waals surface area contributed by atoms with Crippen molar-refractivity contribution in [2.75, 3.05) is 36.5 Å². The lowest BCUT2D eigenvalue weighted by Crippen LogP contribution is -2.36. The van der Waals surface area contributed by atoms with Gasteiger partial charge in [0.15, 0.2) is 5.65 Å². The van der Waals surface area contributed by atoms with Crippen LogP contribution in [0.3, 0.4) is 0 Å². The molecule has 0 spiro atoms. The zero-order valence-corrected chi connectivity index (χ0v) is 17.1. The van der Waals surface area contributed by atoms with E-state index in [4.69, 9.17) is 9.72 Å². The van der Waals surface area contributed by atoms with Crippen molar-refractivity contribution in [3.63, 3.8) is 0 Å². The standard InChI is InChI=1S/C21H24N8O/c1-15-16(4-3-5-19(15)28-6-8-30-9-7-28)13-29-20-17(11-24-29)10-22-21(26-20)25-18-12-23-27(2)14-18/h3-5,10-12,14H,6-9,13H2,1-2H3,(H,22,25,26). The van der Waals surface area contributed by atoms with Gasteiger partial charge in [-0.2, -0.15) is 15.2 Å². The monoisotopic (exact) mass is 404 g/mol. The minimum absolute atomic E-state index is 0.524. The summed E-state index contributed by atoms with van der Waals surface area (Å²) in [5, 5.41) is 12.8. The second-order valence-corrected chi connectivity index (χ2v) is 7.46. The third-order valence-electron chi connectivity index (χ3n) is 5.43. The number of rotatable bonds is 5. The van der Waals surface area contributed by atoms with Crippen molar-refractivity contribution in [3.05, 3.63) is 54.1 Å². The maximum atomic E-state index is 5.50. The number of benzene rings is 1. The Hall–Kier alpha value is -3.46. The lowest BCUT2D eigenvalue weighted by Gasteiger charge is -2.30. The summed E-state index contributed by atoms with van der Waals surface area (Å²) in [5.74, 6) is 0.524. The van der Waals surface area contributed by atoms with Crippen molar-refractivity contribution in [1.82, 2.24) is 29.5 Å². The summed E-state index contributed by atoms with van der Waals surface area (Å²) in [6.07, 6.45) is 7.22. The van der Waals surface area contributed by atoms with Gasteiger partial charge in [-0.05, 0) is 24.1 Å². The van der Waals surface area contributed by atoms with E-state index in [0.717, 1.165) is 43.0 Å². The molecule has 0 radical (unpaired) electrons. The van der Waals surface area contributed by atoms with E-state index >= 15 is 0 Å². The SMILES string of the molecule is Cc1c(Cn2ncc3cnc(Nc4cnn(C)c4)nc32)cccc1N1CCOCC1. The molecule has 4 heterocycles. The fraction of sp³-hybridized carbons (Fsp3) is 0.333. The van der Waals surface area contributed by atoms with E-state index in [1.165, 1.54) is 16.8 Å². The molecule has 1 saturated heterocycles. The molecule has 5 rings (SSSR count). The van der Waals surface area contributed by atoms with Gasteiger partial charge in [0.2, 0.25) is 5.95 Å². The molecular weight excluding hydrogens is 380 g/mol. The topological polar surface area (TPSA) is 85.9 Å². The van der Waals surface area contributed by atoms with E-state index in [1.807, 2.05) is 24.1 Å². The van der Waals surface area contributed by atoms with Gasteiger partial charge in [-0.1, -0.05) is 12.1 Å². The van der Waals surface area contributed by atoms with Gasteiger partial charge in [-0.3, -0.25) is 4.68 Å². The summed E-state index contributed by atoms with van der Waals surface area (Å²) in [4.78, 5) is 11.5. The second-order valence-electron chi connectivity index (χ2n) is 7.46. The Labute approximate surface area is 174 Å². The summed E-state index contributed by atoms with van der Waals surface area (Å²) in [5.41, 5.74) is 5.40. The van der Waals surface area contributed by atoms with E-state index in [9.17, 15) is 0 Å². The highest BCUT2D eigenvalue weighted by molar-refractivity contribution is 5.75. The number of nitrogens with zero attached hydrogens (tertiary/aromatic N) is 7. The fourth-order valence-electron chi connectivity index (χ4n) is 3.81. The van der Waals surface area contributed by atoms with Crippen LogP contribution in [-0.2, 0) is 18.3 Å². The van der Waals surface area contributed by atoms with Gasteiger partial charge in [0.1, 0.15) is 0 Å². The molecule has 9 heteroatoms. The Morgan fingerprint density at radius 3 is 2.77 bits per heavy atom. The van der Waals surface area contributed by atoms with Crippen LogP contribution in [0.1, 0.15) is 11.1 Å². The predicted molar refractivity (Wildman–Crippen MR) is 115 cm³/mol. The minimum Gasteiger partial charge on any atom is -0.378 e. The Balaban J connectivity index is 1.43. The number of anilines is 3. The maximum Gasteiger partial charge on any atom is 0.229 e. The average Bonchev–Trinajstić information content (AvgIpc) is 3.36. The van der Waals surface area contributed by atoms with Crippen LogP contribution < -0.4 is 10.2 Å². The van der Waals surface area contributed by atoms with Crippen LogP contribution in [0.4, 0.5) is 17.3 Å². The summed E-state index contributed by atoms with van der Waals surface area (Å²) >= 11 is 0. The largest absolute Gasteiger partial charge is 0.378 e. The lowest BCUT2D eigenvalue weighted by molar-refractivity contribution is 0.122. The van der Waals surface area contributed by atoms with Crippen molar-refractivity contribution < 1.29 is 4.74 Å². The zero-order valence-electron chi connectivity index (χ0n) is 17.1. The van der Waals surface area contributed by atoms with Crippen molar-refractivity contribution in [1.29, 1.82) is 0 Å². The molecule has 1 aliphatic rings. The van der Waals surface area contributed by atoms with Gasteiger partial charge >= 0.3 is 0 Å². The number of hydrogen-bond acceptors (Lipinski definition) is 7. The quantitative estimate of drug-likeness (QED) is 0.547. The number of hydrogen-bond donors (Lipinski definition) is 1. The van der Waals surface area contributed by atoms with Gasteiger partial charge in [0.25, 0.3) is 0 Å². The van der Waals surface area contributed by atoms with Gasteiger partial charge in [-0.15, -0.1) is 0 Å². The highest BCUT2D eigenvalue weighted by atomic mass is 16.5.